The van der Waals surface area contributed by atoms with Gasteiger partial charge >= 0.3 is 0 Å². The van der Waals surface area contributed by atoms with Gasteiger partial charge in [-0.15, -0.1) is 24.1 Å². The summed E-state index contributed by atoms with van der Waals surface area (Å²) in [5, 5.41) is 11.6. The molecule has 0 saturated carbocycles. The fourth-order valence-electron chi connectivity index (χ4n) is 2.97. The van der Waals surface area contributed by atoms with E-state index in [0.29, 0.717) is 24.8 Å². The van der Waals surface area contributed by atoms with Crippen molar-refractivity contribution in [2.45, 2.75) is 25.4 Å². The van der Waals surface area contributed by atoms with E-state index in [1.54, 1.807) is 17.2 Å². The van der Waals surface area contributed by atoms with Crippen LogP contribution in [0.5, 0.6) is 0 Å². The van der Waals surface area contributed by atoms with Crippen LogP contribution in [0.25, 0.3) is 0 Å². The Labute approximate surface area is 154 Å². The Balaban J connectivity index is 0.00000225. The molecule has 1 aliphatic rings. The molecule has 0 bridgehead atoms. The third-order valence-corrected chi connectivity index (χ3v) is 4.27. The molecule has 0 unspecified atom stereocenters. The third kappa shape index (κ3) is 4.90. The van der Waals surface area contributed by atoms with E-state index in [9.17, 15) is 4.79 Å². The fraction of sp³-hybridized carbons (Fsp3) is 0.389. The van der Waals surface area contributed by atoms with Gasteiger partial charge in [0.25, 0.3) is 5.91 Å². The van der Waals surface area contributed by atoms with Crippen molar-refractivity contribution in [1.29, 1.82) is 0 Å². The second kappa shape index (κ2) is 9.34. The maximum absolute atomic E-state index is 12.8. The molecule has 3 rings (SSSR count). The summed E-state index contributed by atoms with van der Waals surface area (Å²) >= 11 is 0. The normalized spacial score (nSPS) is 14.6. The highest BCUT2D eigenvalue weighted by atomic mass is 35.5. The predicted octanol–water partition coefficient (Wildman–Crippen LogP) is 2.45. The van der Waals surface area contributed by atoms with E-state index in [1.165, 1.54) is 0 Å². The van der Waals surface area contributed by atoms with Crippen LogP contribution in [0.2, 0.25) is 0 Å². The van der Waals surface area contributed by atoms with E-state index in [0.717, 1.165) is 31.5 Å². The molecule has 1 aliphatic heterocycles. The first-order chi connectivity index (χ1) is 11.8. The predicted molar refractivity (Wildman–Crippen MR) is 99.8 cm³/mol. The van der Waals surface area contributed by atoms with Gasteiger partial charge in [0.1, 0.15) is 0 Å². The Morgan fingerprint density at radius 2 is 2.04 bits per heavy atom. The third-order valence-electron chi connectivity index (χ3n) is 4.27. The number of hydrogen-bond acceptors (Lipinski definition) is 4. The van der Waals surface area contributed by atoms with Crippen molar-refractivity contribution in [3.63, 3.8) is 0 Å². The Bertz CT molecular complexity index is 682. The van der Waals surface area contributed by atoms with Gasteiger partial charge in [-0.25, -0.2) is 4.68 Å². The summed E-state index contributed by atoms with van der Waals surface area (Å²) < 4.78 is 1.84. The van der Waals surface area contributed by atoms with Crippen molar-refractivity contribution in [2.75, 3.05) is 19.6 Å². The van der Waals surface area contributed by atoms with Gasteiger partial charge in [-0.3, -0.25) is 4.79 Å². The van der Waals surface area contributed by atoms with Crippen LogP contribution in [0.3, 0.4) is 0 Å². The molecular weight excluding hydrogens is 338 g/mol. The highest BCUT2D eigenvalue weighted by molar-refractivity contribution is 5.92. The molecule has 1 N–H and O–H groups in total. The van der Waals surface area contributed by atoms with Crippen LogP contribution >= 0.6 is 12.4 Å². The first-order valence-electron chi connectivity index (χ1n) is 8.34. The summed E-state index contributed by atoms with van der Waals surface area (Å²) in [7, 11) is 0. The molecule has 0 spiro atoms. The van der Waals surface area contributed by atoms with Crippen molar-refractivity contribution >= 4 is 18.3 Å². The fourth-order valence-corrected chi connectivity index (χ4v) is 2.97. The van der Waals surface area contributed by atoms with Gasteiger partial charge in [0.05, 0.1) is 12.2 Å². The Kier molecular flexibility index (Phi) is 7.16. The molecule has 0 aliphatic carbocycles. The van der Waals surface area contributed by atoms with Crippen LogP contribution in [0, 0.1) is 0 Å². The minimum Gasteiger partial charge on any atom is -0.329 e. The number of halogens is 1. The van der Waals surface area contributed by atoms with Crippen LogP contribution in [0.4, 0.5) is 0 Å². The molecular formula is C18H24ClN5O. The lowest BCUT2D eigenvalue weighted by atomic mass is 10.1. The van der Waals surface area contributed by atoms with Gasteiger partial charge in [0.2, 0.25) is 0 Å². The number of carbonyl (C=O) groups is 1. The first-order valence-corrected chi connectivity index (χ1v) is 8.34. The molecule has 1 amide bonds. The van der Waals surface area contributed by atoms with Crippen molar-refractivity contribution in [1.82, 2.24) is 25.2 Å². The quantitative estimate of drug-likeness (QED) is 0.803. The second-order valence-corrected chi connectivity index (χ2v) is 6.02. The van der Waals surface area contributed by atoms with E-state index in [-0.39, 0.29) is 18.3 Å². The molecule has 2 heterocycles. The van der Waals surface area contributed by atoms with E-state index in [1.807, 2.05) is 35.0 Å². The van der Waals surface area contributed by atoms with Gasteiger partial charge in [-0.05, 0) is 31.5 Å². The van der Waals surface area contributed by atoms with E-state index in [4.69, 9.17) is 0 Å². The van der Waals surface area contributed by atoms with Crippen LogP contribution < -0.4 is 5.32 Å². The molecule has 1 fully saturated rings. The van der Waals surface area contributed by atoms with E-state index >= 15 is 0 Å². The number of rotatable bonds is 6. The van der Waals surface area contributed by atoms with Gasteiger partial charge < -0.3 is 10.2 Å². The number of benzene rings is 1. The number of carbonyl (C=O) groups excluding carboxylic acids is 1. The second-order valence-electron chi connectivity index (χ2n) is 6.02. The molecule has 25 heavy (non-hydrogen) atoms. The Morgan fingerprint density at radius 3 is 2.72 bits per heavy atom. The summed E-state index contributed by atoms with van der Waals surface area (Å²) in [5.41, 5.74) is 1.48. The van der Waals surface area contributed by atoms with E-state index < -0.39 is 0 Å². The molecule has 1 saturated heterocycles. The molecule has 0 atom stereocenters. The number of hydrogen-bond donors (Lipinski definition) is 1. The highest BCUT2D eigenvalue weighted by Crippen LogP contribution is 2.18. The van der Waals surface area contributed by atoms with Crippen molar-refractivity contribution in [3.8, 4) is 0 Å². The van der Waals surface area contributed by atoms with Gasteiger partial charge in [-0.1, -0.05) is 41.6 Å². The SMILES string of the molecule is C=CCN(Cc1ccccc1)C(=O)c1cn(C2CCNCC2)nn1.Cl. The average molecular weight is 362 g/mol. The van der Waals surface area contributed by atoms with Crippen molar-refractivity contribution in [3.05, 3.63) is 60.4 Å². The first kappa shape index (κ1) is 19.1. The molecule has 134 valence electrons. The van der Waals surface area contributed by atoms with Crippen LogP contribution in [-0.4, -0.2) is 45.4 Å². The molecule has 6 nitrogen and oxygen atoms in total. The van der Waals surface area contributed by atoms with Crippen LogP contribution in [0.15, 0.2) is 49.2 Å². The summed E-state index contributed by atoms with van der Waals surface area (Å²) in [5.74, 6) is -0.112. The molecule has 1 aromatic carbocycles. The van der Waals surface area contributed by atoms with Gasteiger partial charge in [0, 0.05) is 13.1 Å². The summed E-state index contributed by atoms with van der Waals surface area (Å²) in [6, 6.07) is 10.2. The van der Waals surface area contributed by atoms with Crippen molar-refractivity contribution < 1.29 is 4.79 Å². The minimum absolute atomic E-state index is 0. The lowest BCUT2D eigenvalue weighted by Crippen LogP contribution is -2.31. The monoisotopic (exact) mass is 361 g/mol. The largest absolute Gasteiger partial charge is 0.329 e. The zero-order chi connectivity index (χ0) is 16.8. The average Bonchev–Trinajstić information content (AvgIpc) is 3.12. The topological polar surface area (TPSA) is 63.1 Å². The van der Waals surface area contributed by atoms with Crippen LogP contribution in [-0.2, 0) is 6.54 Å². The molecule has 1 aromatic heterocycles. The van der Waals surface area contributed by atoms with Gasteiger partial charge in [0.15, 0.2) is 5.69 Å². The lowest BCUT2D eigenvalue weighted by Gasteiger charge is -2.22. The zero-order valence-electron chi connectivity index (χ0n) is 14.2. The van der Waals surface area contributed by atoms with E-state index in [2.05, 4.69) is 22.2 Å². The molecule has 2 aromatic rings. The number of piperidine rings is 1. The number of aromatic nitrogens is 3. The molecule has 0 radical (unpaired) electrons. The minimum atomic E-state index is -0.112. The van der Waals surface area contributed by atoms with Crippen LogP contribution in [0.1, 0.15) is 34.9 Å². The zero-order valence-corrected chi connectivity index (χ0v) is 15.0. The highest BCUT2D eigenvalue weighted by Gasteiger charge is 2.21. The molecule has 7 heteroatoms. The Hall–Kier alpha value is -2.18. The van der Waals surface area contributed by atoms with Gasteiger partial charge in [-0.2, -0.15) is 0 Å². The number of amides is 1. The number of nitrogens with one attached hydrogen (secondary N) is 1. The summed E-state index contributed by atoms with van der Waals surface area (Å²) in [6.07, 6.45) is 5.53. The standard InChI is InChI=1S/C18H23N5O.ClH/c1-2-12-22(13-15-6-4-3-5-7-15)18(24)17-14-23(21-20-17)16-8-10-19-11-9-16;/h2-7,14,16,19H,1,8-13H2;1H. The lowest BCUT2D eigenvalue weighted by molar-refractivity contribution is 0.0756. The summed E-state index contributed by atoms with van der Waals surface area (Å²) in [6.45, 7) is 6.72. The van der Waals surface area contributed by atoms with Crippen molar-refractivity contribution in [2.24, 2.45) is 0 Å². The maximum Gasteiger partial charge on any atom is 0.276 e. The smallest absolute Gasteiger partial charge is 0.276 e. The Morgan fingerprint density at radius 1 is 1.32 bits per heavy atom. The summed E-state index contributed by atoms with van der Waals surface area (Å²) in [4.78, 5) is 14.5. The maximum atomic E-state index is 12.8. The number of nitrogens with zero attached hydrogens (tertiary/aromatic N) is 4.